The molecule has 2 amide bonds. The third-order valence-corrected chi connectivity index (χ3v) is 6.11. The Morgan fingerprint density at radius 3 is 2.84 bits per heavy atom. The maximum atomic E-state index is 12.8. The minimum absolute atomic E-state index is 0. The molecule has 3 N–H and O–H groups in total. The van der Waals surface area contributed by atoms with E-state index in [1.165, 1.54) is 5.38 Å². The molecule has 31 heavy (non-hydrogen) atoms. The molecular weight excluding hydrogens is 461 g/mol. The molecule has 1 aromatic rings. The van der Waals surface area contributed by atoms with E-state index < -0.39 is 53.6 Å². The van der Waals surface area contributed by atoms with Crippen molar-refractivity contribution in [2.24, 2.45) is 5.16 Å². The van der Waals surface area contributed by atoms with Crippen LogP contribution in [0, 0.1) is 0 Å². The number of nitrogens with one attached hydrogen (secondary N) is 1. The molecule has 2 aliphatic rings. The largest absolute Gasteiger partial charge is 1.00 e. The molecule has 15 heteroatoms. The Kier molecular flexibility index (Phi) is 7.00. The third kappa shape index (κ3) is 5.20. The molecule has 0 aliphatic carbocycles. The summed E-state index contributed by atoms with van der Waals surface area (Å²) in [6.07, 6.45) is 0. The van der Waals surface area contributed by atoms with Crippen LogP contribution in [0.5, 0.6) is 0 Å². The summed E-state index contributed by atoms with van der Waals surface area (Å²) in [6.45, 7) is 0.830. The van der Waals surface area contributed by atoms with Gasteiger partial charge in [-0.25, -0.2) is 4.98 Å². The van der Waals surface area contributed by atoms with Crippen LogP contribution in [-0.4, -0.2) is 70.2 Å². The molecule has 0 radical (unpaired) electrons. The Morgan fingerprint density at radius 1 is 1.52 bits per heavy atom. The van der Waals surface area contributed by atoms with Crippen molar-refractivity contribution in [3.8, 4) is 0 Å². The topological polar surface area (TPSA) is 176 Å². The molecule has 1 fully saturated rings. The van der Waals surface area contributed by atoms with Crippen molar-refractivity contribution in [3.63, 3.8) is 0 Å². The van der Waals surface area contributed by atoms with Gasteiger partial charge in [0.05, 0.1) is 15.8 Å². The Hall–Kier alpha value is -2.13. The average Bonchev–Trinajstić information content (AvgIpc) is 3.14. The number of ether oxygens (including phenoxy) is 1. The second-order valence-corrected chi connectivity index (χ2v) is 7.98. The third-order valence-electron chi connectivity index (χ3n) is 4.09. The Bertz CT molecular complexity index is 1080. The van der Waals surface area contributed by atoms with E-state index >= 15 is 0 Å². The van der Waals surface area contributed by atoms with Gasteiger partial charge in [-0.1, -0.05) is 5.16 Å². The number of carbonyl (C=O) groups is 4. The number of thioether (sulfide) groups is 1. The van der Waals surface area contributed by atoms with Crippen LogP contribution < -0.4 is 45.7 Å². The average molecular weight is 480 g/mol. The number of carboxylic acid groups (broad SMARTS) is 1. The van der Waals surface area contributed by atoms with Crippen LogP contribution in [0.15, 0.2) is 21.8 Å². The Morgan fingerprint density at radius 2 is 2.26 bits per heavy atom. The van der Waals surface area contributed by atoms with Crippen molar-refractivity contribution in [3.05, 3.63) is 22.3 Å². The van der Waals surface area contributed by atoms with Crippen molar-refractivity contribution in [2.75, 3.05) is 25.1 Å². The number of rotatable bonds is 7. The first-order chi connectivity index (χ1) is 15.4. The van der Waals surface area contributed by atoms with Crippen LogP contribution in [-0.2, 0) is 28.8 Å². The molecule has 3 heterocycles. The van der Waals surface area contributed by atoms with Crippen LogP contribution in [0.4, 0.5) is 5.13 Å². The fourth-order valence-corrected chi connectivity index (χ4v) is 4.70. The summed E-state index contributed by atoms with van der Waals surface area (Å²) < 4.78 is 26.1. The van der Waals surface area contributed by atoms with Crippen molar-refractivity contribution in [1.29, 1.82) is 0 Å². The summed E-state index contributed by atoms with van der Waals surface area (Å²) in [6, 6.07) is -1.15. The van der Waals surface area contributed by atoms with Gasteiger partial charge in [-0.2, -0.15) is 0 Å². The number of nitrogens with zero attached hydrogens (tertiary/aromatic N) is 3. The second kappa shape index (κ2) is 10.5. The van der Waals surface area contributed by atoms with Gasteiger partial charge in [0.15, 0.2) is 10.8 Å². The van der Waals surface area contributed by atoms with E-state index in [1.54, 1.807) is 0 Å². The van der Waals surface area contributed by atoms with E-state index in [0.717, 1.165) is 34.9 Å². The number of carbonyl (C=O) groups excluding carboxylic acids is 4. The molecule has 0 unspecified atom stereocenters. The number of amides is 2. The number of nitrogen functional groups attached to an aromatic ring is 1. The maximum absolute atomic E-state index is 12.8. The minimum atomic E-state index is -2.94. The number of esters is 1. The summed E-state index contributed by atoms with van der Waals surface area (Å²) in [5.74, 6) is -3.89. The molecule has 2 atom stereocenters. The van der Waals surface area contributed by atoms with E-state index in [2.05, 4.69) is 20.3 Å². The maximum Gasteiger partial charge on any atom is 1.00 e. The van der Waals surface area contributed by atoms with E-state index in [9.17, 15) is 24.3 Å². The summed E-state index contributed by atoms with van der Waals surface area (Å²) in [5.41, 5.74) is 4.70. The molecule has 0 saturated carbocycles. The predicted octanol–water partition coefficient (Wildman–Crippen LogP) is -4.95. The van der Waals surface area contributed by atoms with Gasteiger partial charge in [0.1, 0.15) is 30.8 Å². The van der Waals surface area contributed by atoms with Crippen molar-refractivity contribution in [2.45, 2.75) is 18.3 Å². The number of carboxylic acids is 1. The Balaban J connectivity index is 0.00000408. The number of anilines is 1. The first-order valence-corrected chi connectivity index (χ1v) is 10.1. The Labute approximate surface area is 210 Å². The zero-order valence-electron chi connectivity index (χ0n) is 19.2. The number of aromatic nitrogens is 1. The van der Waals surface area contributed by atoms with Gasteiger partial charge in [-0.05, 0) is 0 Å². The number of fused-ring (bicyclic) bond motifs is 1. The molecule has 0 spiro atoms. The minimum Gasteiger partial charge on any atom is -0.543 e. The SMILES string of the molecule is [2H]C([2H])([2H])O/N=C(\C(=O)N[C@@H]1C(=O)N2C(C(=O)[O-])=C(COC(C)=O)CS[C@H]12)c1csc(N)n1.[Na+]. The summed E-state index contributed by atoms with van der Waals surface area (Å²) in [4.78, 5) is 57.3. The van der Waals surface area contributed by atoms with Gasteiger partial charge < -0.3 is 30.5 Å². The van der Waals surface area contributed by atoms with Crippen LogP contribution >= 0.6 is 23.1 Å². The van der Waals surface area contributed by atoms with Crippen molar-refractivity contribution >= 4 is 57.7 Å². The van der Waals surface area contributed by atoms with Gasteiger partial charge in [-0.3, -0.25) is 19.3 Å². The summed E-state index contributed by atoms with van der Waals surface area (Å²) in [5, 5.41) is 18.0. The fraction of sp³-hybridized carbons (Fsp3) is 0.375. The van der Waals surface area contributed by atoms with Gasteiger partial charge in [-0.15, -0.1) is 23.1 Å². The number of thiazole rings is 1. The molecule has 12 nitrogen and oxygen atoms in total. The fourth-order valence-electron chi connectivity index (χ4n) is 2.83. The standard InChI is InChI=1S/C16H17N5O7S2.Na/c1-6(22)28-3-7-4-29-14-10(13(24)21(14)11(7)15(25)26)19-12(23)9(20-27-2)8-5-30-16(17)18-8;/h5,10,14H,3-4H2,1-2H3,(H2,17,18)(H,19,23)(H,25,26);/q;+1/p-1/b20-9-;/t10-,14-;/m1./s1/i2D3;. The number of aliphatic carboxylic acids is 1. The number of hydrogen-bond acceptors (Lipinski definition) is 12. The molecule has 0 aromatic carbocycles. The van der Waals surface area contributed by atoms with E-state index in [0.29, 0.717) is 0 Å². The normalized spacial score (nSPS) is 22.1. The number of β-lactam (4-membered cyclic amide) rings is 1. The van der Waals surface area contributed by atoms with Crippen LogP contribution in [0.2, 0.25) is 0 Å². The second-order valence-electron chi connectivity index (χ2n) is 5.98. The summed E-state index contributed by atoms with van der Waals surface area (Å²) in [7, 11) is -2.94. The van der Waals surface area contributed by atoms with Gasteiger partial charge >= 0.3 is 35.5 Å². The number of nitrogens with two attached hydrogens (primary N) is 1. The van der Waals surface area contributed by atoms with Crippen LogP contribution in [0.1, 0.15) is 16.7 Å². The van der Waals surface area contributed by atoms with Gasteiger partial charge in [0.2, 0.25) is 0 Å². The van der Waals surface area contributed by atoms with Gasteiger partial charge in [0, 0.05) is 23.6 Å². The molecular formula is C16H16N5NaO7S2. The van der Waals surface area contributed by atoms with Crippen molar-refractivity contribution in [1.82, 2.24) is 15.2 Å². The van der Waals surface area contributed by atoms with E-state index in [4.69, 9.17) is 14.6 Å². The number of hydrogen-bond donors (Lipinski definition) is 2. The van der Waals surface area contributed by atoms with Crippen LogP contribution in [0.3, 0.4) is 0 Å². The monoisotopic (exact) mass is 480 g/mol. The molecule has 2 aliphatic heterocycles. The van der Waals surface area contributed by atoms with Crippen LogP contribution in [0.25, 0.3) is 0 Å². The first kappa shape index (κ1) is 20.8. The molecule has 1 saturated heterocycles. The molecule has 3 rings (SSSR count). The molecule has 1 aromatic heterocycles. The van der Waals surface area contributed by atoms with E-state index in [1.807, 2.05) is 0 Å². The number of oxime groups is 1. The van der Waals surface area contributed by atoms with E-state index in [-0.39, 0.29) is 58.3 Å². The first-order valence-electron chi connectivity index (χ1n) is 9.69. The quantitative estimate of drug-likeness (QED) is 0.126. The van der Waals surface area contributed by atoms with Crippen molar-refractivity contribution < 1.29 is 67.5 Å². The molecule has 160 valence electrons. The smallest absolute Gasteiger partial charge is 0.543 e. The zero-order chi connectivity index (χ0) is 24.5. The summed E-state index contributed by atoms with van der Waals surface area (Å²) >= 11 is 2.10. The van der Waals surface area contributed by atoms with Gasteiger partial charge in [0.25, 0.3) is 11.8 Å². The predicted molar refractivity (Wildman–Crippen MR) is 104 cm³/mol. The zero-order valence-corrected chi connectivity index (χ0v) is 19.9. The molecule has 0 bridgehead atoms.